The van der Waals surface area contributed by atoms with E-state index in [4.69, 9.17) is 0 Å². The highest BCUT2D eigenvalue weighted by Gasteiger charge is 2.16. The Hall–Kier alpha value is -1.42. The molecule has 0 amide bonds. The number of piperidine rings is 1. The van der Waals surface area contributed by atoms with Crippen LogP contribution in [0.15, 0.2) is 24.3 Å². The van der Waals surface area contributed by atoms with Gasteiger partial charge in [-0.2, -0.15) is 0 Å². The maximum absolute atomic E-state index is 10.6. The normalized spacial score (nSPS) is 21.2. The third-order valence-corrected chi connectivity index (χ3v) is 2.79. The monoisotopic (exact) mass is 206 g/mol. The van der Waals surface area contributed by atoms with E-state index in [2.05, 4.69) is 5.32 Å². The Morgan fingerprint density at radius 3 is 2.93 bits per heavy atom. The van der Waals surface area contributed by atoms with Crippen LogP contribution in [-0.4, -0.2) is 11.5 Å². The highest BCUT2D eigenvalue weighted by Crippen LogP contribution is 2.25. The third-order valence-electron chi connectivity index (χ3n) is 2.79. The van der Waals surface area contributed by atoms with Crippen LogP contribution in [0.5, 0.6) is 0 Å². The first-order valence-electron chi connectivity index (χ1n) is 5.25. The summed E-state index contributed by atoms with van der Waals surface area (Å²) in [7, 11) is 0. The highest BCUT2D eigenvalue weighted by molar-refractivity contribution is 5.35. The predicted octanol–water partition coefficient (Wildman–Crippen LogP) is 2.41. The number of hydrogen-bond donors (Lipinski definition) is 1. The van der Waals surface area contributed by atoms with Gasteiger partial charge in [-0.05, 0) is 24.9 Å². The molecule has 0 aromatic heterocycles. The Kier molecular flexibility index (Phi) is 2.97. The van der Waals surface area contributed by atoms with E-state index >= 15 is 0 Å². The molecule has 80 valence electrons. The van der Waals surface area contributed by atoms with E-state index < -0.39 is 0 Å². The summed E-state index contributed by atoms with van der Waals surface area (Å²) in [6.07, 6.45) is 3.47. The number of non-ortho nitro benzene ring substituents is 1. The number of rotatable bonds is 2. The zero-order chi connectivity index (χ0) is 10.7. The molecular formula is C11H14N2O2. The molecule has 0 bridgehead atoms. The van der Waals surface area contributed by atoms with Crippen LogP contribution in [0.4, 0.5) is 5.69 Å². The average Bonchev–Trinajstić information content (AvgIpc) is 2.30. The Morgan fingerprint density at radius 2 is 2.27 bits per heavy atom. The van der Waals surface area contributed by atoms with Gasteiger partial charge in [0.05, 0.1) is 4.92 Å². The fraction of sp³-hybridized carbons (Fsp3) is 0.455. The number of nitro groups is 1. The van der Waals surface area contributed by atoms with Crippen molar-refractivity contribution in [2.24, 2.45) is 0 Å². The summed E-state index contributed by atoms with van der Waals surface area (Å²) in [5.74, 6) is 0. The topological polar surface area (TPSA) is 55.2 Å². The molecule has 15 heavy (non-hydrogen) atoms. The molecule has 1 aromatic rings. The molecule has 1 saturated heterocycles. The Bertz CT molecular complexity index is 359. The first-order chi connectivity index (χ1) is 7.27. The summed E-state index contributed by atoms with van der Waals surface area (Å²) in [4.78, 5) is 10.3. The van der Waals surface area contributed by atoms with Crippen molar-refractivity contribution in [1.29, 1.82) is 0 Å². The minimum atomic E-state index is -0.341. The molecule has 2 rings (SSSR count). The summed E-state index contributed by atoms with van der Waals surface area (Å²) >= 11 is 0. The number of nitrogens with one attached hydrogen (secondary N) is 1. The first kappa shape index (κ1) is 10.1. The van der Waals surface area contributed by atoms with Gasteiger partial charge in [-0.25, -0.2) is 0 Å². The van der Waals surface area contributed by atoms with Crippen molar-refractivity contribution in [2.45, 2.75) is 25.3 Å². The van der Waals surface area contributed by atoms with Crippen molar-refractivity contribution in [2.75, 3.05) is 6.54 Å². The van der Waals surface area contributed by atoms with Crippen molar-refractivity contribution >= 4 is 5.69 Å². The second-order valence-corrected chi connectivity index (χ2v) is 3.85. The number of benzene rings is 1. The maximum atomic E-state index is 10.6. The molecule has 1 N–H and O–H groups in total. The molecule has 0 saturated carbocycles. The van der Waals surface area contributed by atoms with Gasteiger partial charge in [0.1, 0.15) is 0 Å². The molecule has 0 unspecified atom stereocenters. The van der Waals surface area contributed by atoms with Crippen LogP contribution >= 0.6 is 0 Å². The van der Waals surface area contributed by atoms with Gasteiger partial charge in [0.25, 0.3) is 5.69 Å². The van der Waals surface area contributed by atoms with Crippen LogP contribution < -0.4 is 5.32 Å². The Balaban J connectivity index is 2.19. The lowest BCUT2D eigenvalue weighted by molar-refractivity contribution is -0.384. The van der Waals surface area contributed by atoms with E-state index in [0.717, 1.165) is 18.5 Å². The van der Waals surface area contributed by atoms with Crippen molar-refractivity contribution in [1.82, 2.24) is 5.32 Å². The lowest BCUT2D eigenvalue weighted by Crippen LogP contribution is -2.26. The van der Waals surface area contributed by atoms with Gasteiger partial charge in [0, 0.05) is 18.2 Å². The molecule has 1 aromatic carbocycles. The predicted molar refractivity (Wildman–Crippen MR) is 57.7 cm³/mol. The molecule has 0 aliphatic carbocycles. The van der Waals surface area contributed by atoms with E-state index in [0.29, 0.717) is 6.04 Å². The number of nitrogens with zero attached hydrogens (tertiary/aromatic N) is 1. The first-order valence-corrected chi connectivity index (χ1v) is 5.25. The number of nitro benzene ring substituents is 1. The molecule has 1 aliphatic rings. The number of hydrogen-bond acceptors (Lipinski definition) is 3. The van der Waals surface area contributed by atoms with Crippen LogP contribution in [0.2, 0.25) is 0 Å². The second-order valence-electron chi connectivity index (χ2n) is 3.85. The second kappa shape index (κ2) is 4.40. The summed E-state index contributed by atoms with van der Waals surface area (Å²) in [5, 5.41) is 14.0. The molecule has 1 heterocycles. The summed E-state index contributed by atoms with van der Waals surface area (Å²) in [6, 6.07) is 7.20. The van der Waals surface area contributed by atoms with Crippen LogP contribution in [0.1, 0.15) is 30.9 Å². The molecule has 1 atom stereocenters. The minimum absolute atomic E-state index is 0.180. The van der Waals surface area contributed by atoms with Gasteiger partial charge in [-0.15, -0.1) is 0 Å². The molecular weight excluding hydrogens is 192 g/mol. The van der Waals surface area contributed by atoms with E-state index in [1.54, 1.807) is 12.1 Å². The fourth-order valence-electron chi connectivity index (χ4n) is 1.99. The SMILES string of the molecule is O=[N+]([O-])c1cccc([C@@H]2CCCCN2)c1. The van der Waals surface area contributed by atoms with Gasteiger partial charge in [-0.1, -0.05) is 18.6 Å². The average molecular weight is 206 g/mol. The molecule has 1 fully saturated rings. The van der Waals surface area contributed by atoms with E-state index in [-0.39, 0.29) is 10.6 Å². The lowest BCUT2D eigenvalue weighted by atomic mass is 9.97. The maximum Gasteiger partial charge on any atom is 0.269 e. The molecule has 4 nitrogen and oxygen atoms in total. The Morgan fingerprint density at radius 1 is 1.40 bits per heavy atom. The summed E-state index contributed by atoms with van der Waals surface area (Å²) in [5.41, 5.74) is 1.21. The standard InChI is InChI=1S/C11H14N2O2/c14-13(15)10-5-3-4-9(8-10)11-6-1-2-7-12-11/h3-5,8,11-12H,1-2,6-7H2/t11-/m0/s1. The van der Waals surface area contributed by atoms with Crippen LogP contribution in [0.25, 0.3) is 0 Å². The molecule has 1 aliphatic heterocycles. The van der Waals surface area contributed by atoms with Gasteiger partial charge < -0.3 is 5.32 Å². The third kappa shape index (κ3) is 2.33. The summed E-state index contributed by atoms with van der Waals surface area (Å²) < 4.78 is 0. The van der Waals surface area contributed by atoms with Crippen LogP contribution in [0.3, 0.4) is 0 Å². The zero-order valence-electron chi connectivity index (χ0n) is 8.48. The van der Waals surface area contributed by atoms with Gasteiger partial charge in [0.15, 0.2) is 0 Å². The van der Waals surface area contributed by atoms with Crippen molar-refractivity contribution in [3.63, 3.8) is 0 Å². The smallest absolute Gasteiger partial charge is 0.269 e. The van der Waals surface area contributed by atoms with Crippen LogP contribution in [0, 0.1) is 10.1 Å². The van der Waals surface area contributed by atoms with E-state index in [1.165, 1.54) is 18.9 Å². The molecule has 0 radical (unpaired) electrons. The van der Waals surface area contributed by atoms with Gasteiger partial charge in [0.2, 0.25) is 0 Å². The Labute approximate surface area is 88.5 Å². The fourth-order valence-corrected chi connectivity index (χ4v) is 1.99. The highest BCUT2D eigenvalue weighted by atomic mass is 16.6. The zero-order valence-corrected chi connectivity index (χ0v) is 8.48. The van der Waals surface area contributed by atoms with Crippen molar-refractivity contribution in [3.8, 4) is 0 Å². The van der Waals surface area contributed by atoms with E-state index in [1.807, 2.05) is 6.07 Å². The quantitative estimate of drug-likeness (QED) is 0.597. The largest absolute Gasteiger partial charge is 0.310 e. The van der Waals surface area contributed by atoms with Crippen molar-refractivity contribution in [3.05, 3.63) is 39.9 Å². The van der Waals surface area contributed by atoms with Crippen molar-refractivity contribution < 1.29 is 4.92 Å². The van der Waals surface area contributed by atoms with Gasteiger partial charge in [-0.3, -0.25) is 10.1 Å². The van der Waals surface area contributed by atoms with Gasteiger partial charge >= 0.3 is 0 Å². The molecule has 0 spiro atoms. The van der Waals surface area contributed by atoms with E-state index in [9.17, 15) is 10.1 Å². The summed E-state index contributed by atoms with van der Waals surface area (Å²) in [6.45, 7) is 1.01. The molecule has 4 heteroatoms. The van der Waals surface area contributed by atoms with Crippen LogP contribution in [-0.2, 0) is 0 Å². The lowest BCUT2D eigenvalue weighted by Gasteiger charge is -2.23. The minimum Gasteiger partial charge on any atom is -0.310 e.